The summed E-state index contributed by atoms with van der Waals surface area (Å²) in [6.45, 7) is 0. The van der Waals surface area contributed by atoms with E-state index < -0.39 is 0 Å². The van der Waals surface area contributed by atoms with Crippen LogP contribution >= 0.6 is 0 Å². The maximum absolute atomic E-state index is 9.52. The molecule has 0 saturated carbocycles. The zero-order chi connectivity index (χ0) is 32.5. The minimum absolute atomic E-state index is 0.653. The van der Waals surface area contributed by atoms with E-state index in [-0.39, 0.29) is 0 Å². The standard InChI is InChI=1S/C47H28N2/c48-29-30-17-21-37(22-18-30)49-44-23-19-35(46-38-13-5-1-9-31(38)25-32-10-2-6-14-39(32)46)27-42(44)43-28-36(20-24-45(43)49)47-40-15-7-3-11-33(40)26-34-12-4-8-16-41(34)47/h1-28H. The van der Waals surface area contributed by atoms with Crippen LogP contribution in [-0.2, 0) is 0 Å². The fraction of sp³-hybridized carbons (Fsp3) is 0. The molecule has 226 valence electrons. The van der Waals surface area contributed by atoms with Crippen molar-refractivity contribution in [2.75, 3.05) is 0 Å². The molecular formula is C47H28N2. The van der Waals surface area contributed by atoms with E-state index in [4.69, 9.17) is 0 Å². The molecule has 0 amide bonds. The number of fused-ring (bicyclic) bond motifs is 7. The Morgan fingerprint density at radius 2 is 0.755 bits per heavy atom. The predicted molar refractivity (Wildman–Crippen MR) is 206 cm³/mol. The smallest absolute Gasteiger partial charge is 0.0991 e. The number of aromatic nitrogens is 1. The molecule has 1 heterocycles. The molecule has 0 aliphatic rings. The fourth-order valence-electron chi connectivity index (χ4n) is 7.95. The molecular weight excluding hydrogens is 593 g/mol. The topological polar surface area (TPSA) is 28.7 Å². The molecule has 0 saturated heterocycles. The summed E-state index contributed by atoms with van der Waals surface area (Å²) in [5.74, 6) is 0. The Bertz CT molecular complexity index is 2710. The summed E-state index contributed by atoms with van der Waals surface area (Å²) in [5.41, 5.74) is 8.85. The molecule has 0 fully saturated rings. The lowest BCUT2D eigenvalue weighted by Gasteiger charge is -2.13. The zero-order valence-corrected chi connectivity index (χ0v) is 26.6. The molecule has 0 atom stereocenters. The Labute approximate surface area is 283 Å². The summed E-state index contributed by atoms with van der Waals surface area (Å²) in [7, 11) is 0. The predicted octanol–water partition coefficient (Wildman–Crippen LogP) is 12.6. The maximum Gasteiger partial charge on any atom is 0.0991 e. The first-order chi connectivity index (χ1) is 24.2. The largest absolute Gasteiger partial charge is 0.309 e. The number of hydrogen-bond donors (Lipinski definition) is 0. The van der Waals surface area contributed by atoms with Crippen molar-refractivity contribution >= 4 is 64.9 Å². The second-order valence-corrected chi connectivity index (χ2v) is 12.8. The van der Waals surface area contributed by atoms with Crippen LogP contribution in [0, 0.1) is 11.3 Å². The highest BCUT2D eigenvalue weighted by Crippen LogP contribution is 2.43. The molecule has 0 spiro atoms. The highest BCUT2D eigenvalue weighted by atomic mass is 15.0. The zero-order valence-electron chi connectivity index (χ0n) is 26.6. The lowest BCUT2D eigenvalue weighted by Crippen LogP contribution is -1.94. The molecule has 10 rings (SSSR count). The summed E-state index contributed by atoms with van der Waals surface area (Å²) >= 11 is 0. The van der Waals surface area contributed by atoms with Gasteiger partial charge in [-0.15, -0.1) is 0 Å². The normalized spacial score (nSPS) is 11.7. The van der Waals surface area contributed by atoms with Gasteiger partial charge in [-0.3, -0.25) is 0 Å². The Morgan fingerprint density at radius 3 is 1.14 bits per heavy atom. The highest BCUT2D eigenvalue weighted by Gasteiger charge is 2.18. The van der Waals surface area contributed by atoms with Crippen molar-refractivity contribution in [3.8, 4) is 34.0 Å². The maximum atomic E-state index is 9.52. The Morgan fingerprint density at radius 1 is 0.367 bits per heavy atom. The summed E-state index contributed by atoms with van der Waals surface area (Å²) < 4.78 is 2.34. The molecule has 0 unspecified atom stereocenters. The number of rotatable bonds is 3. The van der Waals surface area contributed by atoms with Gasteiger partial charge in [-0.2, -0.15) is 5.26 Å². The second-order valence-electron chi connectivity index (χ2n) is 12.8. The van der Waals surface area contributed by atoms with E-state index in [1.807, 2.05) is 12.1 Å². The van der Waals surface area contributed by atoms with E-state index in [0.717, 1.165) is 16.7 Å². The third-order valence-corrected chi connectivity index (χ3v) is 10.1. The van der Waals surface area contributed by atoms with Crippen molar-refractivity contribution in [2.24, 2.45) is 0 Å². The number of benzene rings is 9. The third-order valence-electron chi connectivity index (χ3n) is 10.1. The van der Waals surface area contributed by atoms with Crippen LogP contribution < -0.4 is 0 Å². The number of nitrogens with zero attached hydrogens (tertiary/aromatic N) is 2. The molecule has 2 heteroatoms. The van der Waals surface area contributed by atoms with Gasteiger partial charge in [0.25, 0.3) is 0 Å². The van der Waals surface area contributed by atoms with Crippen molar-refractivity contribution in [2.45, 2.75) is 0 Å². The van der Waals surface area contributed by atoms with Crippen molar-refractivity contribution in [1.82, 2.24) is 4.57 Å². The van der Waals surface area contributed by atoms with Crippen LogP contribution in [0.5, 0.6) is 0 Å². The molecule has 1 aromatic heterocycles. The SMILES string of the molecule is N#Cc1ccc(-n2c3ccc(-c4c5ccccc5cc5ccccc45)cc3c3cc(-c4c5ccccc5cc5ccccc45)ccc32)cc1. The van der Waals surface area contributed by atoms with Gasteiger partial charge in [-0.25, -0.2) is 0 Å². The summed E-state index contributed by atoms with van der Waals surface area (Å²) in [6, 6.07) is 63.5. The summed E-state index contributed by atoms with van der Waals surface area (Å²) in [5, 5.41) is 21.9. The van der Waals surface area contributed by atoms with Gasteiger partial charge in [0.2, 0.25) is 0 Å². The van der Waals surface area contributed by atoms with E-state index >= 15 is 0 Å². The van der Waals surface area contributed by atoms with Crippen molar-refractivity contribution < 1.29 is 0 Å². The van der Waals surface area contributed by atoms with Gasteiger partial charge in [-0.1, -0.05) is 109 Å². The molecule has 0 radical (unpaired) electrons. The molecule has 9 aromatic carbocycles. The van der Waals surface area contributed by atoms with Crippen LogP contribution in [0.4, 0.5) is 0 Å². The number of hydrogen-bond acceptors (Lipinski definition) is 1. The minimum atomic E-state index is 0.653. The molecule has 10 aromatic rings. The van der Waals surface area contributed by atoms with Gasteiger partial charge in [0.05, 0.1) is 22.7 Å². The van der Waals surface area contributed by atoms with E-state index in [1.165, 1.54) is 76.1 Å². The molecule has 49 heavy (non-hydrogen) atoms. The monoisotopic (exact) mass is 620 g/mol. The van der Waals surface area contributed by atoms with E-state index in [1.54, 1.807) is 0 Å². The number of nitriles is 1. The molecule has 0 aliphatic heterocycles. The quantitative estimate of drug-likeness (QED) is 0.181. The van der Waals surface area contributed by atoms with Crippen molar-refractivity contribution in [3.05, 3.63) is 175 Å². The average molecular weight is 621 g/mol. The third kappa shape index (κ3) is 4.20. The van der Waals surface area contributed by atoms with E-state index in [2.05, 4.69) is 168 Å². The van der Waals surface area contributed by atoms with Crippen molar-refractivity contribution in [1.29, 1.82) is 5.26 Å². The first kappa shape index (κ1) is 27.4. The summed E-state index contributed by atoms with van der Waals surface area (Å²) in [6.07, 6.45) is 0. The van der Waals surface area contributed by atoms with Crippen LogP contribution in [0.3, 0.4) is 0 Å². The van der Waals surface area contributed by atoms with Gasteiger partial charge in [-0.05, 0) is 126 Å². The fourth-order valence-corrected chi connectivity index (χ4v) is 7.95. The first-order valence-corrected chi connectivity index (χ1v) is 16.7. The lowest BCUT2D eigenvalue weighted by molar-refractivity contribution is 1.18. The minimum Gasteiger partial charge on any atom is -0.309 e. The first-order valence-electron chi connectivity index (χ1n) is 16.7. The van der Waals surface area contributed by atoms with Crippen LogP contribution in [0.15, 0.2) is 170 Å². The van der Waals surface area contributed by atoms with Crippen LogP contribution in [-0.4, -0.2) is 4.57 Å². The Balaban J connectivity index is 1.31. The van der Waals surface area contributed by atoms with Crippen LogP contribution in [0.25, 0.3) is 92.8 Å². The van der Waals surface area contributed by atoms with E-state index in [0.29, 0.717) is 5.56 Å². The molecule has 0 N–H and O–H groups in total. The highest BCUT2D eigenvalue weighted by molar-refractivity contribution is 6.18. The van der Waals surface area contributed by atoms with Gasteiger partial charge < -0.3 is 4.57 Å². The average Bonchev–Trinajstić information content (AvgIpc) is 3.48. The second kappa shape index (κ2) is 10.7. The van der Waals surface area contributed by atoms with Gasteiger partial charge in [0, 0.05) is 16.5 Å². The van der Waals surface area contributed by atoms with Crippen LogP contribution in [0.1, 0.15) is 5.56 Å². The van der Waals surface area contributed by atoms with E-state index in [9.17, 15) is 5.26 Å². The van der Waals surface area contributed by atoms with Crippen LogP contribution in [0.2, 0.25) is 0 Å². The van der Waals surface area contributed by atoms with Crippen molar-refractivity contribution in [3.63, 3.8) is 0 Å². The van der Waals surface area contributed by atoms with Gasteiger partial charge in [0.1, 0.15) is 0 Å². The Kier molecular flexibility index (Phi) is 5.97. The Hall–Kier alpha value is -6.69. The summed E-state index contributed by atoms with van der Waals surface area (Å²) in [4.78, 5) is 0. The molecule has 0 aliphatic carbocycles. The lowest BCUT2D eigenvalue weighted by atomic mass is 9.90. The molecule has 0 bridgehead atoms. The molecule has 2 nitrogen and oxygen atoms in total. The van der Waals surface area contributed by atoms with Gasteiger partial charge >= 0.3 is 0 Å². The van der Waals surface area contributed by atoms with Gasteiger partial charge in [0.15, 0.2) is 0 Å².